The number of rotatable bonds is 10. The summed E-state index contributed by atoms with van der Waals surface area (Å²) in [6.45, 7) is 30.6. The number of hydrogen-bond donors (Lipinski definition) is 2. The molecule has 4 unspecified atom stereocenters. The van der Waals surface area contributed by atoms with Crippen LogP contribution in [0.1, 0.15) is 125 Å². The van der Waals surface area contributed by atoms with E-state index in [0.717, 1.165) is 61.3 Å². The van der Waals surface area contributed by atoms with E-state index in [2.05, 4.69) is 105 Å². The van der Waals surface area contributed by atoms with Gasteiger partial charge in [0.05, 0.1) is 0 Å². The first-order valence-corrected chi connectivity index (χ1v) is 15.9. The molecular formula is C36H58N2O2. The molecule has 40 heavy (non-hydrogen) atoms. The van der Waals surface area contributed by atoms with Gasteiger partial charge < -0.3 is 10.2 Å². The second-order valence-electron chi connectivity index (χ2n) is 13.5. The van der Waals surface area contributed by atoms with Crippen molar-refractivity contribution in [2.75, 3.05) is 13.1 Å². The van der Waals surface area contributed by atoms with Gasteiger partial charge in [0, 0.05) is 38.3 Å². The van der Waals surface area contributed by atoms with Crippen LogP contribution in [0.25, 0.3) is 0 Å². The highest BCUT2D eigenvalue weighted by Crippen LogP contribution is 2.39. The molecule has 4 nitrogen and oxygen atoms in total. The molecular weight excluding hydrogens is 492 g/mol. The maximum Gasteiger partial charge on any atom is 0.122 e. The lowest BCUT2D eigenvalue weighted by atomic mass is 9.83. The normalized spacial score (nSPS) is 20.4. The largest absolute Gasteiger partial charge is 0.507 e. The molecule has 224 valence electrons. The minimum atomic E-state index is 0.356. The highest BCUT2D eigenvalue weighted by atomic mass is 16.3. The van der Waals surface area contributed by atoms with Gasteiger partial charge in [0.15, 0.2) is 0 Å². The molecule has 0 bridgehead atoms. The average Bonchev–Trinajstić information content (AvgIpc) is 2.91. The van der Waals surface area contributed by atoms with Crippen LogP contribution in [0, 0.1) is 39.5 Å². The Hall–Kier alpha value is -2.04. The number of piperazine rings is 1. The van der Waals surface area contributed by atoms with Crippen LogP contribution in [0.4, 0.5) is 0 Å². The van der Waals surface area contributed by atoms with Crippen LogP contribution in [0.3, 0.4) is 0 Å². The van der Waals surface area contributed by atoms with Gasteiger partial charge in [-0.1, -0.05) is 67.5 Å². The van der Waals surface area contributed by atoms with E-state index >= 15 is 0 Å². The van der Waals surface area contributed by atoms with Gasteiger partial charge in [0.2, 0.25) is 0 Å². The number of phenols is 2. The maximum atomic E-state index is 11.2. The molecule has 0 spiro atoms. The van der Waals surface area contributed by atoms with Crippen molar-refractivity contribution in [2.45, 2.75) is 133 Å². The Morgan fingerprint density at radius 3 is 1.25 bits per heavy atom. The zero-order valence-electron chi connectivity index (χ0n) is 27.7. The van der Waals surface area contributed by atoms with Crippen molar-refractivity contribution in [3.05, 3.63) is 56.6 Å². The summed E-state index contributed by atoms with van der Waals surface area (Å²) in [7, 11) is 0. The summed E-state index contributed by atoms with van der Waals surface area (Å²) in [6.07, 6.45) is 2.05. The molecule has 0 saturated carbocycles. The fraction of sp³-hybridized carbons (Fsp3) is 0.667. The lowest BCUT2D eigenvalue weighted by molar-refractivity contribution is -0.0314. The zero-order chi connectivity index (χ0) is 30.0. The zero-order valence-corrected chi connectivity index (χ0v) is 27.7. The van der Waals surface area contributed by atoms with Gasteiger partial charge in [0.25, 0.3) is 0 Å². The molecule has 3 rings (SSSR count). The second-order valence-corrected chi connectivity index (χ2v) is 13.5. The molecule has 1 heterocycles. The molecule has 0 radical (unpaired) electrons. The smallest absolute Gasteiger partial charge is 0.122 e. The Balaban J connectivity index is 1.96. The molecule has 1 saturated heterocycles. The van der Waals surface area contributed by atoms with Gasteiger partial charge in [-0.05, 0) is 109 Å². The Bertz CT molecular complexity index is 1080. The van der Waals surface area contributed by atoms with Crippen molar-refractivity contribution in [1.29, 1.82) is 0 Å². The minimum Gasteiger partial charge on any atom is -0.507 e. The summed E-state index contributed by atoms with van der Waals surface area (Å²) in [6, 6.07) is 5.26. The summed E-state index contributed by atoms with van der Waals surface area (Å²) in [4.78, 5) is 5.37. The van der Waals surface area contributed by atoms with Gasteiger partial charge in [-0.15, -0.1) is 0 Å². The molecule has 4 atom stereocenters. The van der Waals surface area contributed by atoms with Gasteiger partial charge >= 0.3 is 0 Å². The van der Waals surface area contributed by atoms with Crippen molar-refractivity contribution < 1.29 is 10.2 Å². The van der Waals surface area contributed by atoms with Crippen molar-refractivity contribution in [3.63, 3.8) is 0 Å². The number of benzene rings is 2. The molecule has 1 fully saturated rings. The van der Waals surface area contributed by atoms with E-state index in [0.29, 0.717) is 47.3 Å². The van der Waals surface area contributed by atoms with Crippen molar-refractivity contribution in [3.8, 4) is 11.5 Å². The van der Waals surface area contributed by atoms with Crippen LogP contribution >= 0.6 is 0 Å². The van der Waals surface area contributed by atoms with Gasteiger partial charge in [-0.2, -0.15) is 0 Å². The summed E-state index contributed by atoms with van der Waals surface area (Å²) in [5, 5.41) is 22.3. The fourth-order valence-corrected chi connectivity index (χ4v) is 7.16. The highest BCUT2D eigenvalue weighted by Gasteiger charge is 2.40. The molecule has 0 aliphatic carbocycles. The number of aromatic hydroxyl groups is 2. The monoisotopic (exact) mass is 550 g/mol. The van der Waals surface area contributed by atoms with Gasteiger partial charge in [-0.25, -0.2) is 0 Å². The van der Waals surface area contributed by atoms with Crippen LogP contribution in [-0.4, -0.2) is 45.2 Å². The number of aryl methyl sites for hydroxylation is 2. The standard InChI is InChI=1S/C36H58N2O2/c1-13-23(7)29-17-25(9)31(27(11)35(29)39)19-37-15-16-38(34(22(5)6)33(37)21(3)4)20-32-26(10)18-30(24(8)14-2)36(40)28(32)12/h17-18,21-24,33-34,39-40H,13-16,19-20H2,1-12H3. The van der Waals surface area contributed by atoms with Crippen LogP contribution in [0.15, 0.2) is 12.1 Å². The number of nitrogens with zero attached hydrogens (tertiary/aromatic N) is 2. The molecule has 2 aromatic rings. The van der Waals surface area contributed by atoms with E-state index in [4.69, 9.17) is 0 Å². The molecule has 0 amide bonds. The second kappa shape index (κ2) is 13.3. The third-order valence-corrected chi connectivity index (χ3v) is 10.1. The number of phenolic OH excluding ortho intramolecular Hbond substituents is 2. The van der Waals surface area contributed by atoms with Crippen LogP contribution in [0.5, 0.6) is 11.5 Å². The van der Waals surface area contributed by atoms with E-state index in [1.807, 2.05) is 0 Å². The summed E-state index contributed by atoms with van der Waals surface area (Å²) in [5.74, 6) is 2.67. The van der Waals surface area contributed by atoms with Gasteiger partial charge in [-0.3, -0.25) is 9.80 Å². The minimum absolute atomic E-state index is 0.356. The van der Waals surface area contributed by atoms with Crippen molar-refractivity contribution >= 4 is 0 Å². The first kappa shape index (κ1) is 32.5. The average molecular weight is 551 g/mol. The third kappa shape index (κ3) is 6.39. The summed E-state index contributed by atoms with van der Waals surface area (Å²) in [5.41, 5.74) is 9.40. The van der Waals surface area contributed by atoms with E-state index in [9.17, 15) is 10.2 Å². The molecule has 2 N–H and O–H groups in total. The lowest BCUT2D eigenvalue weighted by Crippen LogP contribution is -2.62. The van der Waals surface area contributed by atoms with E-state index < -0.39 is 0 Å². The third-order valence-electron chi connectivity index (χ3n) is 10.1. The Morgan fingerprint density at radius 1 is 0.650 bits per heavy atom. The number of hydrogen-bond acceptors (Lipinski definition) is 4. The molecule has 4 heteroatoms. The molecule has 1 aliphatic rings. The van der Waals surface area contributed by atoms with E-state index in [1.165, 1.54) is 22.3 Å². The molecule has 0 aromatic heterocycles. The first-order chi connectivity index (χ1) is 18.7. The fourth-order valence-electron chi connectivity index (χ4n) is 7.16. The predicted octanol–water partition coefficient (Wildman–Crippen LogP) is 8.73. The summed E-state index contributed by atoms with van der Waals surface area (Å²) >= 11 is 0. The van der Waals surface area contributed by atoms with Crippen molar-refractivity contribution in [1.82, 2.24) is 9.80 Å². The summed E-state index contributed by atoms with van der Waals surface area (Å²) < 4.78 is 0. The Labute approximate surface area is 245 Å². The van der Waals surface area contributed by atoms with Crippen LogP contribution in [-0.2, 0) is 13.1 Å². The van der Waals surface area contributed by atoms with Crippen LogP contribution < -0.4 is 0 Å². The maximum absolute atomic E-state index is 11.2. The predicted molar refractivity (Wildman–Crippen MR) is 171 cm³/mol. The Kier molecular flexibility index (Phi) is 10.8. The first-order valence-electron chi connectivity index (χ1n) is 15.9. The SMILES string of the molecule is CCC(C)c1cc(C)c(CN2CCN(Cc3c(C)cc(C(C)CC)c(O)c3C)C(C(C)C)C2C(C)C)c(C)c1O. The van der Waals surface area contributed by atoms with E-state index in [-0.39, 0.29) is 0 Å². The van der Waals surface area contributed by atoms with Gasteiger partial charge in [0.1, 0.15) is 11.5 Å². The lowest BCUT2D eigenvalue weighted by Gasteiger charge is -2.52. The molecule has 2 aromatic carbocycles. The Morgan fingerprint density at radius 2 is 0.975 bits per heavy atom. The van der Waals surface area contributed by atoms with Crippen LogP contribution in [0.2, 0.25) is 0 Å². The topological polar surface area (TPSA) is 46.9 Å². The van der Waals surface area contributed by atoms with Crippen molar-refractivity contribution in [2.24, 2.45) is 11.8 Å². The highest BCUT2D eigenvalue weighted by molar-refractivity contribution is 5.51. The quantitative estimate of drug-likeness (QED) is 0.310. The molecule has 1 aliphatic heterocycles. The van der Waals surface area contributed by atoms with E-state index in [1.54, 1.807) is 0 Å².